The first-order valence-electron chi connectivity index (χ1n) is 5.24. The van der Waals surface area contributed by atoms with Crippen molar-refractivity contribution in [2.45, 2.75) is 0 Å². The van der Waals surface area contributed by atoms with Crippen molar-refractivity contribution in [3.63, 3.8) is 0 Å². The summed E-state index contributed by atoms with van der Waals surface area (Å²) in [5, 5.41) is 12.5. The summed E-state index contributed by atoms with van der Waals surface area (Å²) >= 11 is 3.04. The number of hydrogen-bond acceptors (Lipinski definition) is 4. The Hall–Kier alpha value is -2.00. The SMILES string of the molecule is O=C(O)COCC(=O)NC(=O)Nc1ccc(F)cc1Br. The number of ether oxygens (including phenoxy) is 1. The highest BCUT2D eigenvalue weighted by Gasteiger charge is 2.10. The fraction of sp³-hybridized carbons (Fsp3) is 0.182. The molecular formula is C11H10BrFN2O5. The third kappa shape index (κ3) is 5.76. The maximum Gasteiger partial charge on any atom is 0.329 e. The first kappa shape index (κ1) is 16.1. The number of urea groups is 1. The Morgan fingerprint density at radius 3 is 2.60 bits per heavy atom. The number of carbonyl (C=O) groups is 3. The van der Waals surface area contributed by atoms with Crippen LogP contribution in [0.25, 0.3) is 0 Å². The molecule has 3 N–H and O–H groups in total. The standard InChI is InChI=1S/C11H10BrFN2O5/c12-7-3-6(13)1-2-8(7)14-11(19)15-9(16)4-20-5-10(17)18/h1-3H,4-5H2,(H,17,18)(H2,14,15,16,19). The molecule has 3 amide bonds. The summed E-state index contributed by atoms with van der Waals surface area (Å²) < 4.78 is 17.6. The highest BCUT2D eigenvalue weighted by molar-refractivity contribution is 9.10. The lowest BCUT2D eigenvalue weighted by Gasteiger charge is -2.08. The van der Waals surface area contributed by atoms with Crippen LogP contribution < -0.4 is 10.6 Å². The van der Waals surface area contributed by atoms with Crippen LogP contribution in [-0.4, -0.2) is 36.2 Å². The Balaban J connectivity index is 2.43. The van der Waals surface area contributed by atoms with Gasteiger partial charge >= 0.3 is 12.0 Å². The van der Waals surface area contributed by atoms with E-state index in [-0.39, 0.29) is 5.69 Å². The number of carboxylic acids is 1. The average Bonchev–Trinajstić information content (AvgIpc) is 2.32. The number of aliphatic carboxylic acids is 1. The predicted octanol–water partition coefficient (Wildman–Crippen LogP) is 1.34. The second-order valence-corrected chi connectivity index (χ2v) is 4.37. The summed E-state index contributed by atoms with van der Waals surface area (Å²) in [5.41, 5.74) is 0.267. The summed E-state index contributed by atoms with van der Waals surface area (Å²) in [6.45, 7) is -1.21. The third-order valence-corrected chi connectivity index (χ3v) is 2.55. The molecule has 0 saturated carbocycles. The van der Waals surface area contributed by atoms with Crippen molar-refractivity contribution in [2.24, 2.45) is 0 Å². The molecule has 0 aliphatic rings. The van der Waals surface area contributed by atoms with Crippen molar-refractivity contribution in [1.82, 2.24) is 5.32 Å². The molecule has 20 heavy (non-hydrogen) atoms. The molecule has 0 unspecified atom stereocenters. The number of anilines is 1. The number of carbonyl (C=O) groups excluding carboxylic acids is 2. The van der Waals surface area contributed by atoms with Crippen LogP contribution in [0.1, 0.15) is 0 Å². The van der Waals surface area contributed by atoms with Crippen LogP contribution in [-0.2, 0) is 14.3 Å². The fourth-order valence-electron chi connectivity index (χ4n) is 1.14. The van der Waals surface area contributed by atoms with Gasteiger partial charge in [0.25, 0.3) is 5.91 Å². The zero-order valence-electron chi connectivity index (χ0n) is 9.98. The van der Waals surface area contributed by atoms with Crippen LogP contribution in [0.5, 0.6) is 0 Å². The zero-order valence-corrected chi connectivity index (χ0v) is 11.6. The fourth-order valence-corrected chi connectivity index (χ4v) is 1.59. The number of nitrogens with one attached hydrogen (secondary N) is 2. The van der Waals surface area contributed by atoms with Gasteiger partial charge in [0.15, 0.2) is 0 Å². The van der Waals surface area contributed by atoms with Crippen LogP contribution in [0.2, 0.25) is 0 Å². The van der Waals surface area contributed by atoms with E-state index in [2.05, 4.69) is 26.0 Å². The normalized spacial score (nSPS) is 9.90. The van der Waals surface area contributed by atoms with E-state index in [1.807, 2.05) is 5.32 Å². The Kier molecular flexibility index (Phi) is 6.07. The lowest BCUT2D eigenvalue weighted by molar-refractivity contribution is -0.143. The van der Waals surface area contributed by atoms with Gasteiger partial charge in [-0.1, -0.05) is 0 Å². The van der Waals surface area contributed by atoms with Gasteiger partial charge in [0.2, 0.25) is 0 Å². The van der Waals surface area contributed by atoms with Gasteiger partial charge in [0, 0.05) is 4.47 Å². The first-order chi connectivity index (χ1) is 9.38. The van der Waals surface area contributed by atoms with Gasteiger partial charge in [-0.15, -0.1) is 0 Å². The number of rotatable bonds is 5. The van der Waals surface area contributed by atoms with E-state index in [0.717, 1.165) is 12.1 Å². The van der Waals surface area contributed by atoms with Crippen LogP contribution in [0, 0.1) is 5.82 Å². The van der Waals surface area contributed by atoms with Crippen LogP contribution in [0.15, 0.2) is 22.7 Å². The van der Waals surface area contributed by atoms with Crippen molar-refractivity contribution >= 4 is 39.5 Å². The lowest BCUT2D eigenvalue weighted by atomic mass is 10.3. The van der Waals surface area contributed by atoms with Crippen LogP contribution in [0.4, 0.5) is 14.9 Å². The van der Waals surface area contributed by atoms with Crippen LogP contribution >= 0.6 is 15.9 Å². The Morgan fingerprint density at radius 2 is 2.00 bits per heavy atom. The molecule has 1 aromatic carbocycles. The van der Waals surface area contributed by atoms with Gasteiger partial charge in [-0.05, 0) is 34.1 Å². The Morgan fingerprint density at radius 1 is 1.30 bits per heavy atom. The van der Waals surface area contributed by atoms with Crippen molar-refractivity contribution in [1.29, 1.82) is 0 Å². The minimum Gasteiger partial charge on any atom is -0.480 e. The molecule has 0 radical (unpaired) electrons. The topological polar surface area (TPSA) is 105 Å². The summed E-state index contributed by atoms with van der Waals surface area (Å²) in [5.74, 6) is -2.51. The van der Waals surface area contributed by atoms with E-state index in [1.54, 1.807) is 0 Å². The second kappa shape index (κ2) is 7.56. The molecule has 108 valence electrons. The molecule has 0 spiro atoms. The quantitative estimate of drug-likeness (QED) is 0.744. The van der Waals surface area contributed by atoms with E-state index < -0.39 is 36.9 Å². The Labute approximate surface area is 121 Å². The van der Waals surface area contributed by atoms with Gasteiger partial charge < -0.3 is 15.2 Å². The average molecular weight is 349 g/mol. The maximum atomic E-state index is 12.8. The molecule has 0 saturated heterocycles. The number of halogens is 2. The van der Waals surface area contributed by atoms with Gasteiger partial charge in [-0.3, -0.25) is 10.1 Å². The molecule has 0 atom stereocenters. The zero-order chi connectivity index (χ0) is 15.1. The summed E-state index contributed by atoms with van der Waals surface area (Å²) in [6.07, 6.45) is 0. The van der Waals surface area contributed by atoms with E-state index >= 15 is 0 Å². The van der Waals surface area contributed by atoms with Gasteiger partial charge in [0.1, 0.15) is 19.0 Å². The molecule has 0 aliphatic heterocycles. The summed E-state index contributed by atoms with van der Waals surface area (Å²) in [6, 6.07) is 2.75. The molecular weight excluding hydrogens is 339 g/mol. The van der Waals surface area contributed by atoms with Crippen molar-refractivity contribution in [3.8, 4) is 0 Å². The minimum absolute atomic E-state index is 0.267. The predicted molar refractivity (Wildman–Crippen MR) is 69.7 cm³/mol. The molecule has 1 rings (SSSR count). The van der Waals surface area contributed by atoms with E-state index in [1.165, 1.54) is 6.07 Å². The molecule has 0 heterocycles. The summed E-state index contributed by atoms with van der Waals surface area (Å²) in [7, 11) is 0. The van der Waals surface area contributed by atoms with Gasteiger partial charge in [-0.2, -0.15) is 0 Å². The molecule has 0 aromatic heterocycles. The molecule has 1 aromatic rings. The molecule has 7 nitrogen and oxygen atoms in total. The molecule has 0 bridgehead atoms. The smallest absolute Gasteiger partial charge is 0.329 e. The maximum absolute atomic E-state index is 12.8. The second-order valence-electron chi connectivity index (χ2n) is 3.51. The van der Waals surface area contributed by atoms with Crippen molar-refractivity contribution in [2.75, 3.05) is 18.5 Å². The summed E-state index contributed by atoms with van der Waals surface area (Å²) in [4.78, 5) is 32.8. The Bertz CT molecular complexity index is 538. The molecule has 0 fully saturated rings. The largest absolute Gasteiger partial charge is 0.480 e. The van der Waals surface area contributed by atoms with E-state index in [0.29, 0.717) is 4.47 Å². The highest BCUT2D eigenvalue weighted by Crippen LogP contribution is 2.22. The number of benzene rings is 1. The number of carboxylic acid groups (broad SMARTS) is 1. The van der Waals surface area contributed by atoms with Crippen molar-refractivity contribution < 1.29 is 28.6 Å². The number of hydrogen-bond donors (Lipinski definition) is 3. The van der Waals surface area contributed by atoms with E-state index in [4.69, 9.17) is 5.11 Å². The monoisotopic (exact) mass is 348 g/mol. The highest BCUT2D eigenvalue weighted by atomic mass is 79.9. The van der Waals surface area contributed by atoms with E-state index in [9.17, 15) is 18.8 Å². The van der Waals surface area contributed by atoms with Gasteiger partial charge in [-0.25, -0.2) is 14.0 Å². The molecule has 0 aliphatic carbocycles. The molecule has 9 heteroatoms. The van der Waals surface area contributed by atoms with Crippen LogP contribution in [0.3, 0.4) is 0 Å². The van der Waals surface area contributed by atoms with Gasteiger partial charge in [0.05, 0.1) is 5.69 Å². The first-order valence-corrected chi connectivity index (χ1v) is 6.03. The number of imide groups is 1. The minimum atomic E-state index is -1.22. The lowest BCUT2D eigenvalue weighted by Crippen LogP contribution is -2.37. The third-order valence-electron chi connectivity index (χ3n) is 1.89. The number of amides is 3. The van der Waals surface area contributed by atoms with Crippen molar-refractivity contribution in [3.05, 3.63) is 28.5 Å².